The van der Waals surface area contributed by atoms with Crippen LogP contribution in [-0.2, 0) is 18.3 Å². The van der Waals surface area contributed by atoms with Gasteiger partial charge in [0.05, 0.1) is 5.92 Å². The normalized spacial score (nSPS) is 12.2. The predicted molar refractivity (Wildman–Crippen MR) is 92.0 cm³/mol. The minimum absolute atomic E-state index is 0.319. The van der Waals surface area contributed by atoms with Crippen LogP contribution in [0.4, 0.5) is 0 Å². The first-order chi connectivity index (χ1) is 11.1. The lowest BCUT2D eigenvalue weighted by atomic mass is 9.94. The van der Waals surface area contributed by atoms with Gasteiger partial charge in [-0.1, -0.05) is 42.5 Å². The summed E-state index contributed by atoms with van der Waals surface area (Å²) < 4.78 is 2.01. The summed E-state index contributed by atoms with van der Waals surface area (Å²) in [6, 6.07) is 16.2. The van der Waals surface area contributed by atoms with E-state index in [0.29, 0.717) is 6.42 Å². The molecule has 0 saturated heterocycles. The smallest absolute Gasteiger partial charge is 0.312 e. The summed E-state index contributed by atoms with van der Waals surface area (Å²) >= 11 is 0. The molecular formula is C19H18N2O2. The van der Waals surface area contributed by atoms with Crippen molar-refractivity contribution in [2.75, 3.05) is 0 Å². The maximum Gasteiger partial charge on any atom is 0.312 e. The van der Waals surface area contributed by atoms with E-state index in [2.05, 4.69) is 18.2 Å². The van der Waals surface area contributed by atoms with Gasteiger partial charge in [0.15, 0.2) is 0 Å². The molecule has 1 heterocycles. The fourth-order valence-corrected chi connectivity index (χ4v) is 3.01. The third-order valence-corrected chi connectivity index (χ3v) is 4.14. The summed E-state index contributed by atoms with van der Waals surface area (Å²) in [5.74, 6) is -1.77. The number of benzene rings is 2. The van der Waals surface area contributed by atoms with Crippen LogP contribution in [0.2, 0.25) is 0 Å². The highest BCUT2D eigenvalue weighted by Crippen LogP contribution is 2.33. The first-order valence-corrected chi connectivity index (χ1v) is 7.47. The van der Waals surface area contributed by atoms with Crippen LogP contribution in [0.1, 0.15) is 5.56 Å². The van der Waals surface area contributed by atoms with E-state index in [0.717, 1.165) is 33.8 Å². The van der Waals surface area contributed by atoms with E-state index in [1.807, 2.05) is 48.1 Å². The highest BCUT2D eigenvalue weighted by atomic mass is 16.4. The number of aromatic nitrogens is 1. The molecule has 2 aromatic carbocycles. The van der Waals surface area contributed by atoms with E-state index in [4.69, 9.17) is 5.41 Å². The van der Waals surface area contributed by atoms with Crippen LogP contribution in [0.25, 0.3) is 22.0 Å². The van der Waals surface area contributed by atoms with Crippen LogP contribution >= 0.6 is 0 Å². The topological polar surface area (TPSA) is 66.1 Å². The van der Waals surface area contributed by atoms with E-state index in [1.54, 1.807) is 0 Å². The molecule has 0 amide bonds. The quantitative estimate of drug-likeness (QED) is 0.705. The van der Waals surface area contributed by atoms with Gasteiger partial charge in [-0.15, -0.1) is 0 Å². The Hall–Kier alpha value is -2.88. The van der Waals surface area contributed by atoms with Crippen LogP contribution in [0.5, 0.6) is 0 Å². The number of nitrogens with one attached hydrogen (secondary N) is 1. The third kappa shape index (κ3) is 2.75. The number of carboxylic acids is 1. The fourth-order valence-electron chi connectivity index (χ4n) is 3.01. The Bertz CT molecular complexity index is 866. The lowest BCUT2D eigenvalue weighted by molar-refractivity contribution is -0.139. The molecular weight excluding hydrogens is 288 g/mol. The molecule has 1 atom stereocenters. The Morgan fingerprint density at radius 2 is 1.96 bits per heavy atom. The number of carboxylic acid groups (broad SMARTS) is 1. The predicted octanol–water partition coefficient (Wildman–Crippen LogP) is 3.74. The molecule has 0 radical (unpaired) electrons. The second kappa shape index (κ2) is 6.08. The average molecular weight is 306 g/mol. The molecule has 4 nitrogen and oxygen atoms in total. The number of hydrogen-bond acceptors (Lipinski definition) is 2. The van der Waals surface area contributed by atoms with Gasteiger partial charge in [0.1, 0.15) is 0 Å². The first kappa shape index (κ1) is 15.0. The minimum atomic E-state index is -0.964. The van der Waals surface area contributed by atoms with Gasteiger partial charge in [-0.3, -0.25) is 4.79 Å². The van der Waals surface area contributed by atoms with Gasteiger partial charge in [-0.25, -0.2) is 0 Å². The van der Waals surface area contributed by atoms with Gasteiger partial charge >= 0.3 is 5.97 Å². The van der Waals surface area contributed by atoms with Gasteiger partial charge in [0.2, 0.25) is 0 Å². The molecule has 1 unspecified atom stereocenters. The van der Waals surface area contributed by atoms with Crippen molar-refractivity contribution < 1.29 is 9.90 Å². The number of nitrogens with zero attached hydrogens (tertiary/aromatic N) is 1. The number of carbonyl (C=O) groups is 1. The summed E-state index contributed by atoms with van der Waals surface area (Å²) in [6.07, 6.45) is 3.29. The van der Waals surface area contributed by atoms with Crippen LogP contribution < -0.4 is 0 Å². The maximum absolute atomic E-state index is 11.3. The van der Waals surface area contributed by atoms with Gasteiger partial charge in [-0.05, 0) is 29.2 Å². The van der Waals surface area contributed by atoms with Crippen LogP contribution in [0.15, 0.2) is 54.7 Å². The number of aryl methyl sites for hydroxylation is 1. The van der Waals surface area contributed by atoms with E-state index >= 15 is 0 Å². The van der Waals surface area contributed by atoms with Gasteiger partial charge < -0.3 is 15.1 Å². The van der Waals surface area contributed by atoms with Crippen molar-refractivity contribution >= 4 is 23.1 Å². The summed E-state index contributed by atoms with van der Waals surface area (Å²) in [5.41, 5.74) is 4.22. The molecule has 0 aliphatic carbocycles. The van der Waals surface area contributed by atoms with Gasteiger partial charge in [0.25, 0.3) is 0 Å². The lowest BCUT2D eigenvalue weighted by Crippen LogP contribution is -2.17. The van der Waals surface area contributed by atoms with E-state index in [9.17, 15) is 9.90 Å². The van der Waals surface area contributed by atoms with Crippen LogP contribution in [0.3, 0.4) is 0 Å². The molecule has 0 aliphatic heterocycles. The van der Waals surface area contributed by atoms with E-state index in [-0.39, 0.29) is 0 Å². The molecule has 3 rings (SSSR count). The second-order valence-corrected chi connectivity index (χ2v) is 5.65. The molecule has 0 saturated carbocycles. The summed E-state index contributed by atoms with van der Waals surface area (Å²) in [5, 5.41) is 17.7. The standard InChI is InChI=1S/C19H18N2O2/c1-21-12-15(10-14(11-20)19(22)23)18-16(8-5-9-17(18)21)13-6-3-2-4-7-13/h2-9,11-12,14,20H,10H2,1H3,(H,22,23). The number of hydrogen-bond donors (Lipinski definition) is 2. The highest BCUT2D eigenvalue weighted by Gasteiger charge is 2.19. The summed E-state index contributed by atoms with van der Waals surface area (Å²) in [6.45, 7) is 0. The van der Waals surface area contributed by atoms with Crippen molar-refractivity contribution in [2.45, 2.75) is 6.42 Å². The number of fused-ring (bicyclic) bond motifs is 1. The third-order valence-electron chi connectivity index (χ3n) is 4.14. The second-order valence-electron chi connectivity index (χ2n) is 5.65. The van der Waals surface area contributed by atoms with Crippen molar-refractivity contribution in [1.29, 1.82) is 5.41 Å². The Kier molecular flexibility index (Phi) is 3.98. The van der Waals surface area contributed by atoms with Crippen molar-refractivity contribution in [3.05, 3.63) is 60.3 Å². The van der Waals surface area contributed by atoms with Crippen molar-refractivity contribution in [3.8, 4) is 11.1 Å². The van der Waals surface area contributed by atoms with Crippen molar-refractivity contribution in [1.82, 2.24) is 4.57 Å². The zero-order valence-corrected chi connectivity index (χ0v) is 12.9. The average Bonchev–Trinajstić information content (AvgIpc) is 2.89. The van der Waals surface area contributed by atoms with Crippen LogP contribution in [-0.4, -0.2) is 21.9 Å². The minimum Gasteiger partial charge on any atom is -0.481 e. The molecule has 0 spiro atoms. The SMILES string of the molecule is Cn1cc(CC(C=N)C(=O)O)c2c(-c3ccccc3)cccc21. The monoisotopic (exact) mass is 306 g/mol. The Morgan fingerprint density at radius 1 is 1.22 bits per heavy atom. The molecule has 0 bridgehead atoms. The zero-order valence-electron chi connectivity index (χ0n) is 12.9. The molecule has 0 aliphatic rings. The Balaban J connectivity index is 2.19. The lowest BCUT2D eigenvalue weighted by Gasteiger charge is -2.09. The van der Waals surface area contributed by atoms with E-state index in [1.165, 1.54) is 0 Å². The number of aliphatic carboxylic acids is 1. The molecule has 1 aromatic heterocycles. The molecule has 4 heteroatoms. The number of rotatable bonds is 5. The zero-order chi connectivity index (χ0) is 16.4. The fraction of sp³-hybridized carbons (Fsp3) is 0.158. The van der Waals surface area contributed by atoms with Gasteiger partial charge in [0, 0.05) is 30.4 Å². The van der Waals surface area contributed by atoms with Crippen molar-refractivity contribution in [3.63, 3.8) is 0 Å². The first-order valence-electron chi connectivity index (χ1n) is 7.47. The largest absolute Gasteiger partial charge is 0.481 e. The molecule has 2 N–H and O–H groups in total. The Morgan fingerprint density at radius 3 is 2.61 bits per heavy atom. The molecule has 23 heavy (non-hydrogen) atoms. The maximum atomic E-state index is 11.3. The van der Waals surface area contributed by atoms with Gasteiger partial charge in [-0.2, -0.15) is 0 Å². The summed E-state index contributed by atoms with van der Waals surface area (Å²) in [4.78, 5) is 11.3. The molecule has 0 fully saturated rings. The Labute approximate surface area is 134 Å². The van der Waals surface area contributed by atoms with Crippen LogP contribution in [0, 0.1) is 11.3 Å². The highest BCUT2D eigenvalue weighted by molar-refractivity contribution is 5.99. The molecule has 3 aromatic rings. The molecule has 116 valence electrons. The summed E-state index contributed by atoms with van der Waals surface area (Å²) in [7, 11) is 1.96. The van der Waals surface area contributed by atoms with E-state index < -0.39 is 11.9 Å². The van der Waals surface area contributed by atoms with Crippen molar-refractivity contribution in [2.24, 2.45) is 13.0 Å².